The van der Waals surface area contributed by atoms with Gasteiger partial charge in [0.05, 0.1) is 31.5 Å². The van der Waals surface area contributed by atoms with Crippen molar-refractivity contribution >= 4 is 22.6 Å². The third kappa shape index (κ3) is 13.5. The number of benzene rings is 3. The summed E-state index contributed by atoms with van der Waals surface area (Å²) in [4.78, 5) is 22.9. The summed E-state index contributed by atoms with van der Waals surface area (Å²) in [5.74, 6) is 0.316. The quantitative estimate of drug-likeness (QED) is 0.0397. The highest BCUT2D eigenvalue weighted by molar-refractivity contribution is 6.03. The van der Waals surface area contributed by atoms with Gasteiger partial charge in [-0.3, -0.25) is 4.90 Å². The molecule has 0 bridgehead atoms. The Balaban J connectivity index is 1.29. The second kappa shape index (κ2) is 27.3. The minimum absolute atomic E-state index is 0.0831. The van der Waals surface area contributed by atoms with Crippen molar-refractivity contribution in [2.45, 2.75) is 173 Å². The normalized spacial score (nSPS) is 24.5. The number of allylic oxidation sites excluding steroid dienone is 1. The second-order valence-corrected chi connectivity index (χ2v) is 19.8. The van der Waals surface area contributed by atoms with E-state index in [9.17, 15) is 15.0 Å². The molecule has 1 amide bonds. The molecule has 0 radical (unpaired) electrons. The van der Waals surface area contributed by atoms with Crippen LogP contribution >= 0.6 is 0 Å². The van der Waals surface area contributed by atoms with Crippen molar-refractivity contribution in [3.8, 4) is 17.2 Å². The van der Waals surface area contributed by atoms with Crippen molar-refractivity contribution in [1.29, 1.82) is 0 Å². The van der Waals surface area contributed by atoms with E-state index in [2.05, 4.69) is 56.8 Å². The van der Waals surface area contributed by atoms with Gasteiger partial charge >= 0.3 is 6.09 Å². The minimum atomic E-state index is -1.37. The Hall–Kier alpha value is -4.42. The molecule has 7 rings (SSSR count). The summed E-state index contributed by atoms with van der Waals surface area (Å²) in [5, 5.41) is 27.3. The maximum Gasteiger partial charge on any atom is 0.410 e. The average molecular weight is 951 g/mol. The summed E-state index contributed by atoms with van der Waals surface area (Å²) < 4.78 is 33.6. The smallest absolute Gasteiger partial charge is 0.410 e. The largest absolute Gasteiger partial charge is 0.459 e. The fourth-order valence-corrected chi connectivity index (χ4v) is 11.4. The molecular weight excluding hydrogens is 869 g/mol. The van der Waals surface area contributed by atoms with Crippen molar-refractivity contribution < 1.29 is 43.5 Å². The van der Waals surface area contributed by atoms with Gasteiger partial charge in [-0.15, -0.1) is 6.58 Å². The first-order valence-electron chi connectivity index (χ1n) is 26.9. The number of amides is 1. The van der Waals surface area contributed by atoms with E-state index in [4.69, 9.17) is 33.7 Å². The topological polar surface area (TPSA) is 129 Å². The fraction of sp³-hybridized carbons (Fsp3) is 0.621. The maximum absolute atomic E-state index is 14.7. The molecule has 1 saturated carbocycles. The van der Waals surface area contributed by atoms with Gasteiger partial charge in [0.15, 0.2) is 0 Å². The SMILES string of the molecule is C=CCOC12Oc3ccc(Oc4ccc5ccccc5c4)cc3C3C(CCCCO)C(CCCCO)C=C(C(=NOC4CCCCO4)CC1N(CCC)C(=O)OCCCCCCCCCCCC)C32. The van der Waals surface area contributed by atoms with Crippen LogP contribution in [0, 0.1) is 17.8 Å². The van der Waals surface area contributed by atoms with Crippen LogP contribution in [0.1, 0.15) is 160 Å². The fourth-order valence-electron chi connectivity index (χ4n) is 11.4. The number of hydrogen-bond acceptors (Lipinski definition) is 10. The van der Waals surface area contributed by atoms with E-state index in [-0.39, 0.29) is 43.7 Å². The molecule has 11 heteroatoms. The number of nitrogens with zero attached hydrogens (tertiary/aromatic N) is 2. The van der Waals surface area contributed by atoms with Crippen LogP contribution in [-0.4, -0.2) is 84.6 Å². The van der Waals surface area contributed by atoms with Gasteiger partial charge in [0.25, 0.3) is 0 Å². The lowest BCUT2D eigenvalue weighted by atomic mass is 9.55. The number of aliphatic hydroxyl groups excluding tert-OH is 2. The van der Waals surface area contributed by atoms with Crippen molar-refractivity contribution in [3.63, 3.8) is 0 Å². The number of aliphatic hydroxyl groups is 2. The first-order valence-corrected chi connectivity index (χ1v) is 26.9. The molecule has 0 aromatic heterocycles. The summed E-state index contributed by atoms with van der Waals surface area (Å²) in [6.45, 7) is 10.2. The molecule has 3 aromatic carbocycles. The van der Waals surface area contributed by atoms with Crippen LogP contribution in [0.15, 0.2) is 90.1 Å². The lowest BCUT2D eigenvalue weighted by molar-refractivity contribution is -0.255. The lowest BCUT2D eigenvalue weighted by Crippen LogP contribution is -2.70. The summed E-state index contributed by atoms with van der Waals surface area (Å²) in [6.07, 6.45) is 23.7. The summed E-state index contributed by atoms with van der Waals surface area (Å²) in [7, 11) is 0. The van der Waals surface area contributed by atoms with Gasteiger partial charge in [-0.1, -0.05) is 132 Å². The molecule has 7 atom stereocenters. The average Bonchev–Trinajstić information content (AvgIpc) is 3.37. The monoisotopic (exact) mass is 951 g/mol. The zero-order chi connectivity index (χ0) is 48.3. The maximum atomic E-state index is 14.7. The summed E-state index contributed by atoms with van der Waals surface area (Å²) >= 11 is 0. The van der Waals surface area contributed by atoms with Crippen molar-refractivity contribution in [2.24, 2.45) is 22.9 Å². The van der Waals surface area contributed by atoms with Crippen LogP contribution in [-0.2, 0) is 19.0 Å². The van der Waals surface area contributed by atoms with Crippen molar-refractivity contribution in [3.05, 3.63) is 90.5 Å². The molecule has 2 fully saturated rings. The van der Waals surface area contributed by atoms with Crippen LogP contribution in [0.25, 0.3) is 10.8 Å². The minimum Gasteiger partial charge on any atom is -0.459 e. The molecule has 2 heterocycles. The zero-order valence-electron chi connectivity index (χ0n) is 41.8. The number of fused-ring (bicyclic) bond motifs is 3. The van der Waals surface area contributed by atoms with Crippen LogP contribution in [0.4, 0.5) is 4.79 Å². The molecule has 2 N–H and O–H groups in total. The molecule has 2 aliphatic heterocycles. The third-order valence-electron chi connectivity index (χ3n) is 14.8. The van der Waals surface area contributed by atoms with E-state index in [1.54, 1.807) is 6.08 Å². The second-order valence-electron chi connectivity index (χ2n) is 19.8. The molecule has 1 saturated heterocycles. The highest BCUT2D eigenvalue weighted by Crippen LogP contribution is 2.62. The number of unbranched alkanes of at least 4 members (excludes halogenated alkanes) is 11. The molecule has 69 heavy (non-hydrogen) atoms. The molecule has 7 unspecified atom stereocenters. The van der Waals surface area contributed by atoms with E-state index < -0.39 is 24.0 Å². The Labute approximate surface area is 412 Å². The molecule has 11 nitrogen and oxygen atoms in total. The zero-order valence-corrected chi connectivity index (χ0v) is 41.8. The molecule has 4 aliphatic rings. The van der Waals surface area contributed by atoms with Crippen LogP contribution < -0.4 is 9.47 Å². The van der Waals surface area contributed by atoms with Crippen molar-refractivity contribution in [1.82, 2.24) is 4.90 Å². The van der Waals surface area contributed by atoms with E-state index in [1.807, 2.05) is 35.2 Å². The highest BCUT2D eigenvalue weighted by atomic mass is 16.8. The molecule has 0 spiro atoms. The Bertz CT molecular complexity index is 2120. The molecule has 378 valence electrons. The number of rotatable bonds is 29. The van der Waals surface area contributed by atoms with E-state index in [0.717, 1.165) is 97.6 Å². The van der Waals surface area contributed by atoms with Gasteiger partial charge in [-0.05, 0) is 110 Å². The first kappa shape index (κ1) is 52.4. The van der Waals surface area contributed by atoms with E-state index in [0.29, 0.717) is 56.9 Å². The number of oxime groups is 1. The summed E-state index contributed by atoms with van der Waals surface area (Å²) in [5.41, 5.74) is 2.75. The Kier molecular flexibility index (Phi) is 20.7. The van der Waals surface area contributed by atoms with Crippen LogP contribution in [0.2, 0.25) is 0 Å². The van der Waals surface area contributed by atoms with Crippen molar-refractivity contribution in [2.75, 3.05) is 39.6 Å². The van der Waals surface area contributed by atoms with Gasteiger partial charge in [0, 0.05) is 44.1 Å². The van der Waals surface area contributed by atoms with Crippen LogP contribution in [0.5, 0.6) is 17.2 Å². The number of carbonyl (C=O) groups excluding carboxylic acids is 1. The number of ether oxygens (including phenoxy) is 5. The third-order valence-corrected chi connectivity index (χ3v) is 14.8. The number of carbonyl (C=O) groups is 1. The van der Waals surface area contributed by atoms with Gasteiger partial charge in [0.2, 0.25) is 12.1 Å². The van der Waals surface area contributed by atoms with Gasteiger partial charge < -0.3 is 38.7 Å². The Morgan fingerprint density at radius 1 is 0.841 bits per heavy atom. The first-order chi connectivity index (χ1) is 33.9. The van der Waals surface area contributed by atoms with Gasteiger partial charge in [-0.25, -0.2) is 4.79 Å². The standard InChI is InChI=1S/C58H82N2O9/c1-4-7-8-9-10-11-12-13-14-22-38-65-57(63)60(33-5-2)53-42-51(59-69-54-28-19-23-37-64-54)49-40-45(26-17-20-34-61)48(27-18-21-35-62)55-50-41-47(67-46-30-29-43-24-15-16-25-44(43)39-46)31-32-52(50)68-58(53,56(49)55)66-36-6-3/h6,15-16,24-25,29-32,39-41,45,48,53-56,61-62H,3-5,7-14,17-23,26-28,33-38,42H2,1-2H3. The molecule has 3 aromatic rings. The van der Waals surface area contributed by atoms with Gasteiger partial charge in [-0.2, -0.15) is 0 Å². The molecule has 2 aliphatic carbocycles. The molecular formula is C58H82N2O9. The predicted molar refractivity (Wildman–Crippen MR) is 274 cm³/mol. The highest BCUT2D eigenvalue weighted by Gasteiger charge is 2.65. The Morgan fingerprint density at radius 3 is 2.29 bits per heavy atom. The van der Waals surface area contributed by atoms with E-state index in [1.165, 1.54) is 44.9 Å². The predicted octanol–water partition coefficient (Wildman–Crippen LogP) is 13.6. The lowest BCUT2D eigenvalue weighted by Gasteiger charge is -2.60. The Morgan fingerprint density at radius 2 is 1.57 bits per heavy atom. The number of hydrogen-bond donors (Lipinski definition) is 2. The van der Waals surface area contributed by atoms with E-state index >= 15 is 0 Å². The summed E-state index contributed by atoms with van der Waals surface area (Å²) in [6, 6.07) is 19.9. The van der Waals surface area contributed by atoms with Crippen LogP contribution in [0.3, 0.4) is 0 Å². The van der Waals surface area contributed by atoms with Gasteiger partial charge in [0.1, 0.15) is 23.3 Å².